The second kappa shape index (κ2) is 6.97. The van der Waals surface area contributed by atoms with Gasteiger partial charge in [0.05, 0.1) is 19.4 Å². The number of benzene rings is 3. The molecule has 0 aliphatic heterocycles. The molecule has 23 heavy (non-hydrogen) atoms. The number of fused-ring (bicyclic) bond motifs is 1. The minimum absolute atomic E-state index is 0.663. The van der Waals surface area contributed by atoms with E-state index in [0.717, 1.165) is 28.1 Å². The molecule has 0 atom stereocenters. The zero-order chi connectivity index (χ0) is 16.1. The molecular weight excluding hydrogens is 286 g/mol. The average molecular weight is 305 g/mol. The highest BCUT2D eigenvalue weighted by Crippen LogP contribution is 2.27. The Balaban J connectivity index is 1.96. The summed E-state index contributed by atoms with van der Waals surface area (Å²) in [5.41, 5.74) is 1.86. The molecule has 0 N–H and O–H groups in total. The third-order valence-corrected chi connectivity index (χ3v) is 3.64. The van der Waals surface area contributed by atoms with Crippen molar-refractivity contribution < 1.29 is 9.47 Å². The molecule has 0 radical (unpaired) electrons. The van der Waals surface area contributed by atoms with Crippen molar-refractivity contribution in [2.24, 2.45) is 4.99 Å². The number of hydrogen-bond donors (Lipinski definition) is 0. The van der Waals surface area contributed by atoms with Crippen molar-refractivity contribution in [3.63, 3.8) is 0 Å². The summed E-state index contributed by atoms with van der Waals surface area (Å²) in [5, 5.41) is 2.29. The van der Waals surface area contributed by atoms with Gasteiger partial charge in [0.15, 0.2) is 0 Å². The van der Waals surface area contributed by atoms with E-state index in [1.165, 1.54) is 5.39 Å². The maximum atomic E-state index is 5.48. The van der Waals surface area contributed by atoms with Crippen molar-refractivity contribution in [3.05, 3.63) is 66.2 Å². The molecule has 0 fully saturated rings. The van der Waals surface area contributed by atoms with Crippen LogP contribution in [0.5, 0.6) is 11.5 Å². The van der Waals surface area contributed by atoms with Crippen LogP contribution in [0.3, 0.4) is 0 Å². The van der Waals surface area contributed by atoms with E-state index >= 15 is 0 Å². The molecule has 3 nitrogen and oxygen atoms in total. The maximum absolute atomic E-state index is 5.48. The quantitative estimate of drug-likeness (QED) is 0.621. The zero-order valence-corrected chi connectivity index (χ0v) is 13.3. The fourth-order valence-electron chi connectivity index (χ4n) is 2.52. The Kier molecular flexibility index (Phi) is 4.57. The summed E-state index contributed by atoms with van der Waals surface area (Å²) < 4.78 is 10.9. The Bertz CT molecular complexity index is 823. The first-order valence-electron chi connectivity index (χ1n) is 7.64. The zero-order valence-electron chi connectivity index (χ0n) is 13.3. The summed E-state index contributed by atoms with van der Waals surface area (Å²) in [7, 11) is 1.68. The Hall–Kier alpha value is -2.81. The largest absolute Gasteiger partial charge is 0.496 e. The fourth-order valence-corrected chi connectivity index (χ4v) is 2.52. The number of aliphatic imine (C=N–C) groups is 1. The van der Waals surface area contributed by atoms with Gasteiger partial charge < -0.3 is 9.47 Å². The molecule has 0 saturated carbocycles. The van der Waals surface area contributed by atoms with Crippen LogP contribution in [-0.4, -0.2) is 19.9 Å². The first kappa shape index (κ1) is 15.1. The first-order chi connectivity index (χ1) is 11.3. The van der Waals surface area contributed by atoms with Gasteiger partial charge in [0.25, 0.3) is 0 Å². The molecule has 0 aromatic heterocycles. The van der Waals surface area contributed by atoms with Gasteiger partial charge in [-0.15, -0.1) is 0 Å². The van der Waals surface area contributed by atoms with Gasteiger partial charge in [-0.2, -0.15) is 0 Å². The van der Waals surface area contributed by atoms with Crippen LogP contribution >= 0.6 is 0 Å². The summed E-state index contributed by atoms with van der Waals surface area (Å²) in [6.07, 6.45) is 1.86. The SMILES string of the molecule is CCOc1ccc(N=Cc2c(OC)ccc3ccccc23)cc1. The summed E-state index contributed by atoms with van der Waals surface area (Å²) in [6.45, 7) is 2.63. The monoisotopic (exact) mass is 305 g/mol. The molecular formula is C20H19NO2. The number of methoxy groups -OCH3 is 1. The molecule has 0 amide bonds. The summed E-state index contributed by atoms with van der Waals surface area (Å²) in [4.78, 5) is 4.58. The number of hydrogen-bond acceptors (Lipinski definition) is 3. The normalized spacial score (nSPS) is 11.0. The van der Waals surface area contributed by atoms with E-state index in [1.54, 1.807) is 7.11 Å². The molecule has 0 bridgehead atoms. The van der Waals surface area contributed by atoms with Crippen molar-refractivity contribution in [1.82, 2.24) is 0 Å². The molecule has 0 saturated heterocycles. The lowest BCUT2D eigenvalue weighted by atomic mass is 10.0. The van der Waals surface area contributed by atoms with Gasteiger partial charge in [0.2, 0.25) is 0 Å². The Morgan fingerprint density at radius 2 is 1.74 bits per heavy atom. The molecule has 116 valence electrons. The number of rotatable bonds is 5. The second-order valence-electron chi connectivity index (χ2n) is 5.09. The van der Waals surface area contributed by atoms with Gasteiger partial charge in [0.1, 0.15) is 11.5 Å². The van der Waals surface area contributed by atoms with Crippen LogP contribution in [0, 0.1) is 0 Å². The van der Waals surface area contributed by atoms with Crippen molar-refractivity contribution in [1.29, 1.82) is 0 Å². The molecule has 0 heterocycles. The van der Waals surface area contributed by atoms with E-state index in [2.05, 4.69) is 23.2 Å². The second-order valence-corrected chi connectivity index (χ2v) is 5.09. The molecule has 3 heteroatoms. The summed E-state index contributed by atoms with van der Waals surface area (Å²) in [6, 6.07) is 20.0. The third-order valence-electron chi connectivity index (χ3n) is 3.64. The van der Waals surface area contributed by atoms with E-state index in [0.29, 0.717) is 6.61 Å². The van der Waals surface area contributed by atoms with Crippen molar-refractivity contribution >= 4 is 22.7 Å². The number of nitrogens with zero attached hydrogens (tertiary/aromatic N) is 1. The fraction of sp³-hybridized carbons (Fsp3) is 0.150. The van der Waals surface area contributed by atoms with Gasteiger partial charge in [-0.3, -0.25) is 4.99 Å². The predicted octanol–water partition coefficient (Wildman–Crippen LogP) is 5.00. The van der Waals surface area contributed by atoms with Gasteiger partial charge in [-0.05, 0) is 48.0 Å². The van der Waals surface area contributed by atoms with E-state index in [9.17, 15) is 0 Å². The van der Waals surface area contributed by atoms with Gasteiger partial charge in [0, 0.05) is 11.8 Å². The van der Waals surface area contributed by atoms with Crippen LogP contribution in [0.15, 0.2) is 65.7 Å². The lowest BCUT2D eigenvalue weighted by Crippen LogP contribution is -1.92. The van der Waals surface area contributed by atoms with Crippen LogP contribution in [0.2, 0.25) is 0 Å². The minimum Gasteiger partial charge on any atom is -0.496 e. The summed E-state index contributed by atoms with van der Waals surface area (Å²) in [5.74, 6) is 1.67. The van der Waals surface area contributed by atoms with Crippen molar-refractivity contribution in [2.45, 2.75) is 6.92 Å². The van der Waals surface area contributed by atoms with Crippen LogP contribution in [-0.2, 0) is 0 Å². The molecule has 3 rings (SSSR count). The Labute approximate surface area is 136 Å². The molecule has 0 unspecified atom stereocenters. The van der Waals surface area contributed by atoms with Gasteiger partial charge in [-0.25, -0.2) is 0 Å². The third kappa shape index (κ3) is 3.34. The number of ether oxygens (including phenoxy) is 2. The summed E-state index contributed by atoms with van der Waals surface area (Å²) >= 11 is 0. The highest BCUT2D eigenvalue weighted by molar-refractivity contribution is 6.03. The van der Waals surface area contributed by atoms with Gasteiger partial charge in [-0.1, -0.05) is 30.3 Å². The highest BCUT2D eigenvalue weighted by Gasteiger charge is 2.05. The van der Waals surface area contributed by atoms with E-state index in [1.807, 2.05) is 55.6 Å². The topological polar surface area (TPSA) is 30.8 Å². The van der Waals surface area contributed by atoms with Crippen LogP contribution in [0.25, 0.3) is 10.8 Å². The minimum atomic E-state index is 0.663. The molecule has 3 aromatic rings. The lowest BCUT2D eigenvalue weighted by molar-refractivity contribution is 0.340. The average Bonchev–Trinajstić information content (AvgIpc) is 2.61. The Morgan fingerprint density at radius 3 is 2.48 bits per heavy atom. The lowest BCUT2D eigenvalue weighted by Gasteiger charge is -2.08. The van der Waals surface area contributed by atoms with Crippen LogP contribution < -0.4 is 9.47 Å². The van der Waals surface area contributed by atoms with Crippen molar-refractivity contribution in [3.8, 4) is 11.5 Å². The predicted molar refractivity (Wildman–Crippen MR) is 95.4 cm³/mol. The van der Waals surface area contributed by atoms with E-state index in [-0.39, 0.29) is 0 Å². The van der Waals surface area contributed by atoms with Crippen LogP contribution in [0.1, 0.15) is 12.5 Å². The van der Waals surface area contributed by atoms with E-state index in [4.69, 9.17) is 9.47 Å². The standard InChI is InChI=1S/C20H19NO2/c1-3-23-17-11-9-16(10-12-17)21-14-19-18-7-5-4-6-15(18)8-13-20(19)22-2/h4-14H,3H2,1-2H3. The Morgan fingerprint density at radius 1 is 0.957 bits per heavy atom. The van der Waals surface area contributed by atoms with Crippen molar-refractivity contribution in [2.75, 3.05) is 13.7 Å². The molecule has 0 spiro atoms. The van der Waals surface area contributed by atoms with Crippen LogP contribution in [0.4, 0.5) is 5.69 Å². The molecule has 0 aliphatic rings. The maximum Gasteiger partial charge on any atom is 0.128 e. The smallest absolute Gasteiger partial charge is 0.128 e. The highest BCUT2D eigenvalue weighted by atomic mass is 16.5. The van der Waals surface area contributed by atoms with E-state index < -0.39 is 0 Å². The molecule has 3 aromatic carbocycles. The van der Waals surface area contributed by atoms with Gasteiger partial charge >= 0.3 is 0 Å². The first-order valence-corrected chi connectivity index (χ1v) is 7.64. The molecule has 0 aliphatic carbocycles.